The van der Waals surface area contributed by atoms with Gasteiger partial charge in [-0.3, -0.25) is 4.55 Å². The van der Waals surface area contributed by atoms with Gasteiger partial charge in [0.1, 0.15) is 0 Å². The van der Waals surface area contributed by atoms with Crippen LogP contribution in [-0.2, 0) is 10.1 Å². The molecule has 0 saturated heterocycles. The first-order chi connectivity index (χ1) is 7.08. The quantitative estimate of drug-likeness (QED) is 0.748. The van der Waals surface area contributed by atoms with Crippen molar-refractivity contribution in [2.24, 2.45) is 0 Å². The first-order valence-electron chi connectivity index (χ1n) is 4.74. The monoisotopic (exact) mass is 226 g/mol. The van der Waals surface area contributed by atoms with Crippen LogP contribution in [0.4, 0.5) is 0 Å². The van der Waals surface area contributed by atoms with Crippen molar-refractivity contribution >= 4 is 10.1 Å². The van der Waals surface area contributed by atoms with E-state index in [0.29, 0.717) is 12.8 Å². The summed E-state index contributed by atoms with van der Waals surface area (Å²) in [6, 6.07) is 0. The lowest BCUT2D eigenvalue weighted by atomic mass is 10.1. The van der Waals surface area contributed by atoms with Crippen molar-refractivity contribution in [2.75, 3.05) is 5.75 Å². The lowest BCUT2D eigenvalue weighted by molar-refractivity contribution is 0.481. The summed E-state index contributed by atoms with van der Waals surface area (Å²) in [5, 5.41) is 0. The molecule has 0 radical (unpaired) electrons. The van der Waals surface area contributed by atoms with Crippen LogP contribution < -0.4 is 0 Å². The Hall–Kier alpha value is -1.13. The molecule has 15 heavy (non-hydrogen) atoms. The summed E-state index contributed by atoms with van der Waals surface area (Å²) in [6.45, 7) is 0. The fourth-order valence-corrected chi connectivity index (χ4v) is 1.74. The van der Waals surface area contributed by atoms with Gasteiger partial charge in [0, 0.05) is 0 Å². The molecule has 1 rings (SSSR count). The molecular weight excluding hydrogens is 212 g/mol. The van der Waals surface area contributed by atoms with Gasteiger partial charge in [-0.15, -0.1) is 0 Å². The minimum absolute atomic E-state index is 0.183. The van der Waals surface area contributed by atoms with Gasteiger partial charge < -0.3 is 0 Å². The molecule has 0 bridgehead atoms. The van der Waals surface area contributed by atoms with E-state index in [1.807, 2.05) is 42.5 Å². The highest BCUT2D eigenvalue weighted by molar-refractivity contribution is 7.85. The number of rotatable bonds is 4. The van der Waals surface area contributed by atoms with Gasteiger partial charge in [-0.25, -0.2) is 0 Å². The minimum Gasteiger partial charge on any atom is -0.286 e. The molecule has 0 spiro atoms. The van der Waals surface area contributed by atoms with Crippen molar-refractivity contribution in [3.8, 4) is 0 Å². The molecule has 0 amide bonds. The second kappa shape index (κ2) is 5.68. The van der Waals surface area contributed by atoms with E-state index in [4.69, 9.17) is 4.55 Å². The van der Waals surface area contributed by atoms with Crippen molar-refractivity contribution in [3.05, 3.63) is 48.1 Å². The second-order valence-corrected chi connectivity index (χ2v) is 4.83. The summed E-state index contributed by atoms with van der Waals surface area (Å²) in [4.78, 5) is 0. The first kappa shape index (κ1) is 11.9. The van der Waals surface area contributed by atoms with E-state index in [1.54, 1.807) is 0 Å². The Morgan fingerprint density at radius 1 is 1.07 bits per heavy atom. The van der Waals surface area contributed by atoms with Crippen LogP contribution in [-0.4, -0.2) is 18.7 Å². The molecule has 0 atom stereocenters. The molecule has 3 nitrogen and oxygen atoms in total. The highest BCUT2D eigenvalue weighted by Gasteiger charge is 2.03. The maximum absolute atomic E-state index is 10.5. The lowest BCUT2D eigenvalue weighted by Crippen LogP contribution is -2.03. The zero-order valence-corrected chi connectivity index (χ0v) is 9.15. The van der Waals surface area contributed by atoms with Gasteiger partial charge in [0.25, 0.3) is 10.1 Å². The first-order valence-corrected chi connectivity index (χ1v) is 6.34. The molecule has 4 heteroatoms. The fraction of sp³-hybridized carbons (Fsp3) is 0.273. The molecule has 0 aromatic heterocycles. The normalized spacial score (nSPS) is 15.9. The van der Waals surface area contributed by atoms with Gasteiger partial charge in [-0.05, 0) is 18.4 Å². The third kappa shape index (κ3) is 6.04. The van der Waals surface area contributed by atoms with Gasteiger partial charge in [0.15, 0.2) is 0 Å². The third-order valence-electron chi connectivity index (χ3n) is 1.93. The van der Waals surface area contributed by atoms with E-state index in [1.165, 1.54) is 0 Å². The number of hydrogen-bond acceptors (Lipinski definition) is 2. The summed E-state index contributed by atoms with van der Waals surface area (Å²) in [6.07, 6.45) is 14.5. The largest absolute Gasteiger partial charge is 0.286 e. The van der Waals surface area contributed by atoms with E-state index in [0.717, 1.165) is 5.57 Å². The van der Waals surface area contributed by atoms with Crippen LogP contribution in [0.2, 0.25) is 0 Å². The van der Waals surface area contributed by atoms with E-state index in [9.17, 15) is 8.42 Å². The highest BCUT2D eigenvalue weighted by atomic mass is 32.2. The second-order valence-electron chi connectivity index (χ2n) is 3.26. The average Bonchev–Trinajstić information content (AvgIpc) is 2.06. The van der Waals surface area contributed by atoms with Crippen LogP contribution in [0.15, 0.2) is 48.1 Å². The Morgan fingerprint density at radius 2 is 1.73 bits per heavy atom. The van der Waals surface area contributed by atoms with Crippen LogP contribution in [0.1, 0.15) is 12.8 Å². The highest BCUT2D eigenvalue weighted by Crippen LogP contribution is 2.09. The predicted octanol–water partition coefficient (Wildman–Crippen LogP) is 2.26. The lowest BCUT2D eigenvalue weighted by Gasteiger charge is -2.00. The van der Waals surface area contributed by atoms with Gasteiger partial charge >= 0.3 is 0 Å². The topological polar surface area (TPSA) is 54.4 Å². The molecule has 1 aliphatic rings. The molecule has 82 valence electrons. The number of hydrogen-bond donors (Lipinski definition) is 1. The average molecular weight is 226 g/mol. The van der Waals surface area contributed by atoms with Crippen molar-refractivity contribution in [2.45, 2.75) is 12.8 Å². The van der Waals surface area contributed by atoms with Crippen LogP contribution in [0, 0.1) is 0 Å². The summed E-state index contributed by atoms with van der Waals surface area (Å²) in [7, 11) is -3.82. The van der Waals surface area contributed by atoms with Gasteiger partial charge in [0.2, 0.25) is 0 Å². The zero-order chi connectivity index (χ0) is 11.1. The van der Waals surface area contributed by atoms with Crippen molar-refractivity contribution in [3.63, 3.8) is 0 Å². The fourth-order valence-electron chi connectivity index (χ4n) is 1.23. The van der Waals surface area contributed by atoms with E-state index >= 15 is 0 Å². The zero-order valence-electron chi connectivity index (χ0n) is 8.33. The Bertz CT molecular complexity index is 411. The molecular formula is C11H14O3S. The Balaban J connectivity index is 2.45. The van der Waals surface area contributed by atoms with Gasteiger partial charge in [-0.2, -0.15) is 8.42 Å². The standard InChI is InChI=1S/C11H14O3S/c12-15(13,14)10-6-9-11-7-4-2-1-3-5-8-11/h1-5,7-8H,6,9-10H2,(H,12,13,14). The molecule has 0 unspecified atom stereocenters. The summed E-state index contributed by atoms with van der Waals surface area (Å²) < 4.78 is 29.5. The van der Waals surface area contributed by atoms with Crippen molar-refractivity contribution < 1.29 is 13.0 Å². The molecule has 0 heterocycles. The maximum atomic E-state index is 10.5. The summed E-state index contributed by atoms with van der Waals surface area (Å²) in [5.74, 6) is -0.183. The van der Waals surface area contributed by atoms with Gasteiger partial charge in [-0.1, -0.05) is 42.5 Å². The third-order valence-corrected chi connectivity index (χ3v) is 2.74. The van der Waals surface area contributed by atoms with Crippen LogP contribution in [0.3, 0.4) is 0 Å². The summed E-state index contributed by atoms with van der Waals surface area (Å²) in [5.41, 5.74) is 1.05. The Kier molecular flexibility index (Phi) is 4.52. The van der Waals surface area contributed by atoms with E-state index < -0.39 is 10.1 Å². The molecule has 1 N–H and O–H groups in total. The molecule has 0 aliphatic heterocycles. The minimum atomic E-state index is -3.82. The smallest absolute Gasteiger partial charge is 0.264 e. The van der Waals surface area contributed by atoms with Crippen LogP contribution in [0.5, 0.6) is 0 Å². The Labute approximate surface area is 90.3 Å². The molecule has 0 fully saturated rings. The van der Waals surface area contributed by atoms with Gasteiger partial charge in [0.05, 0.1) is 5.75 Å². The molecule has 0 aromatic carbocycles. The SMILES string of the molecule is O=S(=O)(O)CCCC1=CC=CC=CC=C1. The van der Waals surface area contributed by atoms with Crippen molar-refractivity contribution in [1.29, 1.82) is 0 Å². The van der Waals surface area contributed by atoms with E-state index in [2.05, 4.69) is 0 Å². The molecule has 0 aromatic rings. The van der Waals surface area contributed by atoms with E-state index in [-0.39, 0.29) is 5.75 Å². The van der Waals surface area contributed by atoms with Crippen molar-refractivity contribution in [1.82, 2.24) is 0 Å². The number of allylic oxidation sites excluding steroid dienone is 8. The molecule has 1 aliphatic carbocycles. The summed E-state index contributed by atoms with van der Waals surface area (Å²) >= 11 is 0. The molecule has 0 saturated carbocycles. The Morgan fingerprint density at radius 3 is 2.47 bits per heavy atom. The maximum Gasteiger partial charge on any atom is 0.264 e. The van der Waals surface area contributed by atoms with Crippen LogP contribution >= 0.6 is 0 Å². The van der Waals surface area contributed by atoms with Crippen LogP contribution in [0.25, 0.3) is 0 Å². The predicted molar refractivity (Wildman–Crippen MR) is 61.2 cm³/mol.